The highest BCUT2D eigenvalue weighted by Gasteiger charge is 2.19. The Labute approximate surface area is 142 Å². The molecule has 0 aliphatic carbocycles. The Balaban J connectivity index is 2.15. The Morgan fingerprint density at radius 2 is 1.58 bits per heavy atom. The Morgan fingerprint density at radius 1 is 1.04 bits per heavy atom. The van der Waals surface area contributed by atoms with Crippen molar-refractivity contribution in [2.75, 3.05) is 5.32 Å². The molecule has 0 aromatic heterocycles. The largest absolute Gasteiger partial charge is 0.351 e. The molecular weight excluding hydrogens is 326 g/mol. The summed E-state index contributed by atoms with van der Waals surface area (Å²) in [6.45, 7) is 5.68. The van der Waals surface area contributed by atoms with Crippen molar-refractivity contribution in [3.8, 4) is 0 Å². The Bertz CT molecular complexity index is 836. The highest BCUT2D eigenvalue weighted by molar-refractivity contribution is 7.89. The smallest absolute Gasteiger partial charge is 0.316 e. The van der Waals surface area contributed by atoms with Gasteiger partial charge in [-0.25, -0.2) is 17.9 Å². The highest BCUT2D eigenvalue weighted by atomic mass is 32.2. The van der Waals surface area contributed by atoms with Crippen LogP contribution in [0.4, 0.5) is 10.5 Å². The van der Waals surface area contributed by atoms with E-state index in [-0.39, 0.29) is 6.54 Å². The summed E-state index contributed by atoms with van der Waals surface area (Å²) in [6.07, 6.45) is 0. The Kier molecular flexibility index (Phi) is 5.26. The number of carbonyl (C=O) groups is 1. The number of nitrogens with two attached hydrogens (primary N) is 1. The van der Waals surface area contributed by atoms with Crippen LogP contribution in [0.3, 0.4) is 0 Å². The van der Waals surface area contributed by atoms with E-state index in [0.717, 1.165) is 22.3 Å². The minimum atomic E-state index is -3.61. The van der Waals surface area contributed by atoms with Gasteiger partial charge < -0.3 is 11.1 Å². The summed E-state index contributed by atoms with van der Waals surface area (Å²) in [5.74, 6) is 0. The molecule has 7 heteroatoms. The van der Waals surface area contributed by atoms with E-state index in [0.29, 0.717) is 10.6 Å². The number of sulfonamides is 1. The van der Waals surface area contributed by atoms with Gasteiger partial charge in [0.15, 0.2) is 0 Å². The molecule has 0 atom stereocenters. The van der Waals surface area contributed by atoms with Crippen molar-refractivity contribution in [3.05, 3.63) is 58.7 Å². The molecule has 0 bridgehead atoms. The fourth-order valence-electron chi connectivity index (χ4n) is 2.69. The molecule has 0 spiro atoms. The van der Waals surface area contributed by atoms with Crippen LogP contribution < -0.4 is 15.8 Å². The van der Waals surface area contributed by atoms with Crippen LogP contribution in [0.15, 0.2) is 41.3 Å². The van der Waals surface area contributed by atoms with E-state index in [1.54, 1.807) is 38.1 Å². The second-order valence-electron chi connectivity index (χ2n) is 5.74. The molecule has 6 nitrogen and oxygen atoms in total. The van der Waals surface area contributed by atoms with Crippen LogP contribution in [-0.2, 0) is 16.6 Å². The summed E-state index contributed by atoms with van der Waals surface area (Å²) in [5, 5.41) is 2.45. The molecular formula is C17H21N3O3S. The Morgan fingerprint density at radius 3 is 2.08 bits per heavy atom. The van der Waals surface area contributed by atoms with Crippen LogP contribution in [0.25, 0.3) is 0 Å². The number of hydrogen-bond donors (Lipinski definition) is 3. The van der Waals surface area contributed by atoms with Gasteiger partial charge in [0, 0.05) is 12.2 Å². The molecule has 0 saturated carbocycles. The zero-order chi connectivity index (χ0) is 17.9. The second kappa shape index (κ2) is 7.02. The van der Waals surface area contributed by atoms with Gasteiger partial charge >= 0.3 is 6.03 Å². The van der Waals surface area contributed by atoms with E-state index in [4.69, 9.17) is 5.73 Å². The molecule has 0 unspecified atom stereocenters. The van der Waals surface area contributed by atoms with Crippen LogP contribution in [0.1, 0.15) is 22.3 Å². The molecule has 0 saturated heterocycles. The van der Waals surface area contributed by atoms with Crippen molar-refractivity contribution in [3.63, 3.8) is 0 Å². The zero-order valence-corrected chi connectivity index (χ0v) is 14.7. The van der Waals surface area contributed by atoms with Crippen molar-refractivity contribution >= 4 is 21.7 Å². The minimum Gasteiger partial charge on any atom is -0.351 e. The van der Waals surface area contributed by atoms with E-state index in [9.17, 15) is 13.2 Å². The van der Waals surface area contributed by atoms with E-state index < -0.39 is 16.1 Å². The number of rotatable bonds is 5. The van der Waals surface area contributed by atoms with Crippen LogP contribution in [0, 0.1) is 20.8 Å². The van der Waals surface area contributed by atoms with E-state index in [1.165, 1.54) is 0 Å². The predicted octanol–water partition coefficient (Wildman–Crippen LogP) is 2.58. The number of hydrogen-bond acceptors (Lipinski definition) is 3. The maximum Gasteiger partial charge on any atom is 0.316 e. The number of amides is 2. The fourth-order valence-corrected chi connectivity index (χ4v) is 4.16. The van der Waals surface area contributed by atoms with E-state index >= 15 is 0 Å². The van der Waals surface area contributed by atoms with Crippen LogP contribution in [0.2, 0.25) is 0 Å². The highest BCUT2D eigenvalue weighted by Crippen LogP contribution is 2.22. The maximum absolute atomic E-state index is 12.6. The summed E-state index contributed by atoms with van der Waals surface area (Å²) in [7, 11) is -3.61. The molecule has 2 rings (SSSR count). The molecule has 2 amide bonds. The number of nitrogens with one attached hydrogen (secondary N) is 2. The first-order chi connectivity index (χ1) is 11.2. The topological polar surface area (TPSA) is 101 Å². The van der Waals surface area contributed by atoms with Gasteiger partial charge in [-0.1, -0.05) is 29.8 Å². The van der Waals surface area contributed by atoms with E-state index in [2.05, 4.69) is 10.0 Å². The van der Waals surface area contributed by atoms with Gasteiger partial charge in [-0.3, -0.25) is 0 Å². The van der Waals surface area contributed by atoms with Gasteiger partial charge in [0.05, 0.1) is 4.90 Å². The first kappa shape index (κ1) is 18.0. The molecule has 0 aliphatic rings. The molecule has 24 heavy (non-hydrogen) atoms. The number of primary amides is 1. The number of anilines is 1. The summed E-state index contributed by atoms with van der Waals surface area (Å²) < 4.78 is 27.8. The number of aryl methyl sites for hydroxylation is 3. The minimum absolute atomic E-state index is 0.159. The van der Waals surface area contributed by atoms with Gasteiger partial charge in [0.25, 0.3) is 0 Å². The number of urea groups is 1. The Hall–Kier alpha value is -2.38. The molecule has 0 aliphatic heterocycles. The second-order valence-corrected chi connectivity index (χ2v) is 7.44. The number of benzene rings is 2. The van der Waals surface area contributed by atoms with Crippen molar-refractivity contribution in [2.45, 2.75) is 32.2 Å². The summed E-state index contributed by atoms with van der Waals surface area (Å²) >= 11 is 0. The maximum atomic E-state index is 12.6. The standard InChI is InChI=1S/C17H21N3O3S/c1-11-8-12(2)16(13(3)9-11)24(22,23)19-10-14-4-6-15(7-5-14)20-17(18)21/h4-9,19H,10H2,1-3H3,(H3,18,20,21). The molecule has 0 fully saturated rings. The molecule has 2 aromatic carbocycles. The SMILES string of the molecule is Cc1cc(C)c(S(=O)(=O)NCc2ccc(NC(N)=O)cc2)c(C)c1. The van der Waals surface area contributed by atoms with Gasteiger partial charge in [0.2, 0.25) is 10.0 Å². The average Bonchev–Trinajstić information content (AvgIpc) is 2.44. The van der Waals surface area contributed by atoms with Crippen LogP contribution >= 0.6 is 0 Å². The lowest BCUT2D eigenvalue weighted by Gasteiger charge is -2.13. The third-order valence-electron chi connectivity index (χ3n) is 3.56. The first-order valence-electron chi connectivity index (χ1n) is 7.42. The summed E-state index contributed by atoms with van der Waals surface area (Å²) in [4.78, 5) is 11.1. The summed E-state index contributed by atoms with van der Waals surface area (Å²) in [5.41, 5.74) is 8.84. The molecule has 0 radical (unpaired) electrons. The normalized spacial score (nSPS) is 11.3. The lowest BCUT2D eigenvalue weighted by Crippen LogP contribution is -2.25. The molecule has 0 heterocycles. The quantitative estimate of drug-likeness (QED) is 0.775. The van der Waals surface area contributed by atoms with Crippen molar-refractivity contribution in [2.24, 2.45) is 5.73 Å². The number of carbonyl (C=O) groups excluding carboxylic acids is 1. The van der Waals surface area contributed by atoms with Gasteiger partial charge in [-0.15, -0.1) is 0 Å². The average molecular weight is 347 g/mol. The van der Waals surface area contributed by atoms with E-state index in [1.807, 2.05) is 19.1 Å². The first-order valence-corrected chi connectivity index (χ1v) is 8.90. The van der Waals surface area contributed by atoms with Gasteiger partial charge in [-0.05, 0) is 49.6 Å². The molecule has 4 N–H and O–H groups in total. The molecule has 2 aromatic rings. The summed E-state index contributed by atoms with van der Waals surface area (Å²) in [6, 6.07) is 9.84. The van der Waals surface area contributed by atoms with Crippen molar-refractivity contribution in [1.29, 1.82) is 0 Å². The fraction of sp³-hybridized carbons (Fsp3) is 0.235. The zero-order valence-electron chi connectivity index (χ0n) is 13.9. The van der Waals surface area contributed by atoms with Crippen molar-refractivity contribution < 1.29 is 13.2 Å². The lowest BCUT2D eigenvalue weighted by atomic mass is 10.1. The van der Waals surface area contributed by atoms with Crippen LogP contribution in [-0.4, -0.2) is 14.4 Å². The van der Waals surface area contributed by atoms with Crippen LogP contribution in [0.5, 0.6) is 0 Å². The van der Waals surface area contributed by atoms with Gasteiger partial charge in [0.1, 0.15) is 0 Å². The third-order valence-corrected chi connectivity index (χ3v) is 5.27. The lowest BCUT2D eigenvalue weighted by molar-refractivity contribution is 0.259. The monoisotopic (exact) mass is 347 g/mol. The van der Waals surface area contributed by atoms with Gasteiger partial charge in [-0.2, -0.15) is 0 Å². The predicted molar refractivity (Wildman–Crippen MR) is 94.3 cm³/mol. The molecule has 128 valence electrons. The van der Waals surface area contributed by atoms with Crippen molar-refractivity contribution in [1.82, 2.24) is 4.72 Å². The third kappa shape index (κ3) is 4.33.